The SMILES string of the molecule is CC1(C)Cc2c3c(cc(C(=O)NCC4CC4)c2O1)NC(Nc1c(Cl)cccc1Cl)N3. The molecule has 0 saturated heterocycles. The fourth-order valence-corrected chi connectivity index (χ4v) is 4.54. The molecule has 4 N–H and O–H groups in total. The van der Waals surface area contributed by atoms with E-state index >= 15 is 0 Å². The average molecular weight is 447 g/mol. The van der Waals surface area contributed by atoms with Crippen molar-refractivity contribution in [2.45, 2.75) is 45.0 Å². The van der Waals surface area contributed by atoms with E-state index in [9.17, 15) is 4.79 Å². The van der Waals surface area contributed by atoms with E-state index in [1.54, 1.807) is 18.2 Å². The fourth-order valence-electron chi connectivity index (χ4n) is 4.03. The lowest BCUT2D eigenvalue weighted by molar-refractivity contribution is 0.0938. The molecule has 2 heterocycles. The molecule has 0 spiro atoms. The van der Waals surface area contributed by atoms with Crippen molar-refractivity contribution in [1.82, 2.24) is 5.32 Å². The summed E-state index contributed by atoms with van der Waals surface area (Å²) in [6.45, 7) is 4.79. The van der Waals surface area contributed by atoms with Crippen molar-refractivity contribution in [1.29, 1.82) is 0 Å². The molecule has 3 aliphatic rings. The molecule has 0 radical (unpaired) electrons. The Labute approximate surface area is 185 Å². The lowest BCUT2D eigenvalue weighted by Gasteiger charge is -2.19. The lowest BCUT2D eigenvalue weighted by atomic mass is 9.97. The van der Waals surface area contributed by atoms with Gasteiger partial charge < -0.3 is 26.0 Å². The van der Waals surface area contributed by atoms with Crippen LogP contribution in [-0.2, 0) is 6.42 Å². The first-order chi connectivity index (χ1) is 14.3. The number of anilines is 3. The molecule has 2 aromatic carbocycles. The zero-order valence-electron chi connectivity index (χ0n) is 16.9. The highest BCUT2D eigenvalue weighted by Crippen LogP contribution is 2.48. The Morgan fingerprint density at radius 1 is 1.23 bits per heavy atom. The van der Waals surface area contributed by atoms with Gasteiger partial charge in [0.1, 0.15) is 11.4 Å². The third-order valence-corrected chi connectivity index (χ3v) is 6.32. The van der Waals surface area contributed by atoms with Crippen LogP contribution in [0.4, 0.5) is 17.1 Å². The summed E-state index contributed by atoms with van der Waals surface area (Å²) in [5.41, 5.74) is 3.65. The Hall–Kier alpha value is -2.31. The van der Waals surface area contributed by atoms with Gasteiger partial charge in [0.05, 0.1) is 32.7 Å². The molecular formula is C22H24Cl2N4O2. The van der Waals surface area contributed by atoms with Crippen LogP contribution < -0.4 is 26.0 Å². The second-order valence-corrected chi connectivity index (χ2v) is 9.62. The highest BCUT2D eigenvalue weighted by Gasteiger charge is 2.39. The highest BCUT2D eigenvalue weighted by atomic mass is 35.5. The van der Waals surface area contributed by atoms with Gasteiger partial charge in [-0.15, -0.1) is 0 Å². The van der Waals surface area contributed by atoms with Gasteiger partial charge in [0.2, 0.25) is 0 Å². The van der Waals surface area contributed by atoms with Crippen LogP contribution in [0, 0.1) is 5.92 Å². The molecule has 8 heteroatoms. The molecular weight excluding hydrogens is 423 g/mol. The molecule has 0 bridgehead atoms. The summed E-state index contributed by atoms with van der Waals surface area (Å²) < 4.78 is 6.19. The number of hydrogen-bond acceptors (Lipinski definition) is 5. The molecule has 0 aromatic heterocycles. The minimum absolute atomic E-state index is 0.0917. The van der Waals surface area contributed by atoms with E-state index in [-0.39, 0.29) is 17.8 Å². The molecule has 5 rings (SSSR count). The number of ether oxygens (including phenoxy) is 1. The summed E-state index contributed by atoms with van der Waals surface area (Å²) in [5, 5.41) is 14.3. The summed E-state index contributed by atoms with van der Waals surface area (Å²) in [6.07, 6.45) is 2.77. The molecule has 2 aliphatic heterocycles. The van der Waals surface area contributed by atoms with Crippen LogP contribution in [0.2, 0.25) is 10.0 Å². The van der Waals surface area contributed by atoms with Crippen LogP contribution in [0.5, 0.6) is 5.75 Å². The number of carbonyl (C=O) groups excluding carboxylic acids is 1. The van der Waals surface area contributed by atoms with Crippen LogP contribution in [0.25, 0.3) is 0 Å². The summed E-state index contributed by atoms with van der Waals surface area (Å²) in [7, 11) is 0. The van der Waals surface area contributed by atoms with E-state index in [1.807, 2.05) is 19.9 Å². The summed E-state index contributed by atoms with van der Waals surface area (Å²) in [5.74, 6) is 1.19. The number of halogens is 2. The molecule has 2 aromatic rings. The van der Waals surface area contributed by atoms with Gasteiger partial charge in [0, 0.05) is 18.5 Å². The highest BCUT2D eigenvalue weighted by molar-refractivity contribution is 6.39. The molecule has 1 unspecified atom stereocenters. The normalized spacial score (nSPS) is 20.5. The average Bonchev–Trinajstić information content (AvgIpc) is 3.33. The predicted octanol–water partition coefficient (Wildman–Crippen LogP) is 5.08. The first-order valence-corrected chi connectivity index (χ1v) is 11.0. The van der Waals surface area contributed by atoms with Crippen molar-refractivity contribution < 1.29 is 9.53 Å². The molecule has 6 nitrogen and oxygen atoms in total. The Morgan fingerprint density at radius 2 is 1.97 bits per heavy atom. The minimum atomic E-state index is -0.373. The van der Waals surface area contributed by atoms with Crippen molar-refractivity contribution in [3.8, 4) is 5.75 Å². The maximum absolute atomic E-state index is 12.9. The number of fused-ring (bicyclic) bond motifs is 3. The molecule has 158 valence electrons. The zero-order valence-corrected chi connectivity index (χ0v) is 18.4. The first kappa shape index (κ1) is 19.6. The Bertz CT molecular complexity index is 1020. The van der Waals surface area contributed by atoms with E-state index in [0.717, 1.165) is 23.5 Å². The van der Waals surface area contributed by atoms with Crippen molar-refractivity contribution in [2.75, 3.05) is 22.5 Å². The number of benzene rings is 2. The predicted molar refractivity (Wildman–Crippen MR) is 121 cm³/mol. The fraction of sp³-hybridized carbons (Fsp3) is 0.409. The number of hydrogen-bond donors (Lipinski definition) is 4. The van der Waals surface area contributed by atoms with Crippen molar-refractivity contribution in [3.63, 3.8) is 0 Å². The Morgan fingerprint density at radius 3 is 2.67 bits per heavy atom. The van der Waals surface area contributed by atoms with Crippen LogP contribution in [0.3, 0.4) is 0 Å². The quantitative estimate of drug-likeness (QED) is 0.515. The van der Waals surface area contributed by atoms with Crippen LogP contribution in [-0.4, -0.2) is 24.3 Å². The van der Waals surface area contributed by atoms with E-state index in [1.165, 1.54) is 12.8 Å². The van der Waals surface area contributed by atoms with Gasteiger partial charge in [-0.25, -0.2) is 0 Å². The molecule has 1 aliphatic carbocycles. The van der Waals surface area contributed by atoms with Gasteiger partial charge in [0.15, 0.2) is 6.29 Å². The van der Waals surface area contributed by atoms with Crippen LogP contribution >= 0.6 is 23.2 Å². The molecule has 1 fully saturated rings. The number of rotatable bonds is 5. The number of nitrogens with one attached hydrogen (secondary N) is 4. The van der Waals surface area contributed by atoms with Gasteiger partial charge >= 0.3 is 0 Å². The van der Waals surface area contributed by atoms with Gasteiger partial charge in [-0.1, -0.05) is 29.3 Å². The maximum atomic E-state index is 12.9. The van der Waals surface area contributed by atoms with E-state index < -0.39 is 0 Å². The van der Waals surface area contributed by atoms with Crippen molar-refractivity contribution in [2.24, 2.45) is 5.92 Å². The smallest absolute Gasteiger partial charge is 0.255 e. The van der Waals surface area contributed by atoms with Crippen molar-refractivity contribution in [3.05, 3.63) is 45.4 Å². The summed E-state index contributed by atoms with van der Waals surface area (Å²) >= 11 is 12.6. The molecule has 1 saturated carbocycles. The van der Waals surface area contributed by atoms with Crippen molar-refractivity contribution >= 4 is 46.2 Å². The van der Waals surface area contributed by atoms with Gasteiger partial charge in [-0.05, 0) is 50.8 Å². The monoisotopic (exact) mass is 446 g/mol. The Balaban J connectivity index is 1.44. The molecule has 1 amide bonds. The summed E-state index contributed by atoms with van der Waals surface area (Å²) in [6, 6.07) is 7.24. The van der Waals surface area contributed by atoms with E-state index in [0.29, 0.717) is 39.4 Å². The topological polar surface area (TPSA) is 74.4 Å². The van der Waals surface area contributed by atoms with Gasteiger partial charge in [-0.2, -0.15) is 0 Å². The second kappa shape index (κ2) is 7.13. The standard InChI is InChI=1S/C22H24Cl2N4O2/c1-22(2)9-13-17-16(8-12(19(13)30-22)20(29)25-10-11-6-7-11)26-21(27-17)28-18-14(23)4-3-5-15(18)24/h3-5,8,11,21,26-28H,6-7,9-10H2,1-2H3,(H,25,29). The van der Waals surface area contributed by atoms with Crippen LogP contribution in [0.1, 0.15) is 42.6 Å². The third kappa shape index (κ3) is 3.63. The second-order valence-electron chi connectivity index (χ2n) is 8.81. The maximum Gasteiger partial charge on any atom is 0.255 e. The van der Waals surface area contributed by atoms with Gasteiger partial charge in [-0.3, -0.25) is 4.79 Å². The Kier molecular flexibility index (Phi) is 4.67. The number of para-hydroxylation sites is 1. The minimum Gasteiger partial charge on any atom is -0.486 e. The van der Waals surface area contributed by atoms with E-state index in [2.05, 4.69) is 21.3 Å². The first-order valence-electron chi connectivity index (χ1n) is 10.2. The van der Waals surface area contributed by atoms with Crippen LogP contribution in [0.15, 0.2) is 24.3 Å². The largest absolute Gasteiger partial charge is 0.486 e. The zero-order chi connectivity index (χ0) is 21.0. The number of carbonyl (C=O) groups is 1. The van der Waals surface area contributed by atoms with E-state index in [4.69, 9.17) is 27.9 Å². The number of amides is 1. The van der Waals surface area contributed by atoms with Gasteiger partial charge in [0.25, 0.3) is 5.91 Å². The third-order valence-electron chi connectivity index (χ3n) is 5.69. The lowest BCUT2D eigenvalue weighted by Crippen LogP contribution is -2.32. The summed E-state index contributed by atoms with van der Waals surface area (Å²) in [4.78, 5) is 12.9. The molecule has 30 heavy (non-hydrogen) atoms. The molecule has 1 atom stereocenters.